The van der Waals surface area contributed by atoms with E-state index in [0.29, 0.717) is 12.5 Å². The zero-order chi connectivity index (χ0) is 18.2. The van der Waals surface area contributed by atoms with E-state index in [1.807, 2.05) is 24.4 Å². The van der Waals surface area contributed by atoms with Crippen molar-refractivity contribution in [2.75, 3.05) is 13.2 Å². The van der Waals surface area contributed by atoms with Crippen molar-refractivity contribution >= 4 is 6.21 Å². The van der Waals surface area contributed by atoms with Crippen molar-refractivity contribution < 1.29 is 9.94 Å². The van der Waals surface area contributed by atoms with Crippen LogP contribution in [0.2, 0.25) is 0 Å². The molecule has 1 aliphatic rings. The van der Waals surface area contributed by atoms with E-state index in [1.54, 1.807) is 0 Å². The first-order chi connectivity index (χ1) is 12.7. The summed E-state index contributed by atoms with van der Waals surface area (Å²) in [5, 5.41) is 13.4. The fourth-order valence-electron chi connectivity index (χ4n) is 3.57. The second kappa shape index (κ2) is 8.97. The van der Waals surface area contributed by atoms with Crippen LogP contribution in [0.1, 0.15) is 41.9 Å². The summed E-state index contributed by atoms with van der Waals surface area (Å²) in [4.78, 5) is 5.33. The Morgan fingerprint density at radius 1 is 1.12 bits per heavy atom. The molecule has 1 fully saturated rings. The van der Waals surface area contributed by atoms with E-state index in [2.05, 4.69) is 41.6 Å². The molecule has 4 nitrogen and oxygen atoms in total. The summed E-state index contributed by atoms with van der Waals surface area (Å²) in [7, 11) is 0. The number of rotatable bonds is 8. The number of hydrogen-bond donors (Lipinski definition) is 2. The van der Waals surface area contributed by atoms with Crippen molar-refractivity contribution in [2.45, 2.75) is 43.6 Å². The highest BCUT2D eigenvalue weighted by atomic mass is 16.6. The van der Waals surface area contributed by atoms with Gasteiger partial charge in [0.15, 0.2) is 0 Å². The van der Waals surface area contributed by atoms with Crippen molar-refractivity contribution in [1.29, 1.82) is 0 Å². The van der Waals surface area contributed by atoms with Crippen molar-refractivity contribution in [1.82, 2.24) is 0 Å². The quantitative estimate of drug-likeness (QED) is 0.434. The second-order valence-corrected chi connectivity index (χ2v) is 7.26. The lowest BCUT2D eigenvalue weighted by Gasteiger charge is -2.20. The molecular formula is C22H28N2O2. The Labute approximate surface area is 155 Å². The first-order valence-corrected chi connectivity index (χ1v) is 9.35. The molecule has 0 amide bonds. The SMILES string of the molecule is NC1(CO)CCC(c2ccc(CC=NOCCc3ccccc3)cc2)C1. The van der Waals surface area contributed by atoms with Gasteiger partial charge in [-0.15, -0.1) is 0 Å². The highest BCUT2D eigenvalue weighted by Crippen LogP contribution is 2.39. The van der Waals surface area contributed by atoms with E-state index in [0.717, 1.165) is 32.1 Å². The van der Waals surface area contributed by atoms with E-state index >= 15 is 0 Å². The van der Waals surface area contributed by atoms with Crippen LogP contribution < -0.4 is 5.73 Å². The lowest BCUT2D eigenvalue weighted by Crippen LogP contribution is -2.40. The van der Waals surface area contributed by atoms with Crippen LogP contribution in [-0.4, -0.2) is 30.1 Å². The first kappa shape index (κ1) is 18.6. The summed E-state index contributed by atoms with van der Waals surface area (Å²) < 4.78 is 0. The Kier molecular flexibility index (Phi) is 6.42. The number of aliphatic hydroxyl groups excluding tert-OH is 1. The van der Waals surface area contributed by atoms with E-state index in [-0.39, 0.29) is 6.61 Å². The van der Waals surface area contributed by atoms with Gasteiger partial charge in [0, 0.05) is 24.6 Å². The van der Waals surface area contributed by atoms with E-state index < -0.39 is 5.54 Å². The maximum atomic E-state index is 9.41. The molecular weight excluding hydrogens is 324 g/mol. The number of hydrogen-bond acceptors (Lipinski definition) is 4. The normalized spacial score (nSPS) is 22.8. The molecule has 2 unspecified atom stereocenters. The molecule has 0 heterocycles. The Bertz CT molecular complexity index is 700. The van der Waals surface area contributed by atoms with Crippen LogP contribution in [0.4, 0.5) is 0 Å². The lowest BCUT2D eigenvalue weighted by atomic mass is 9.93. The lowest BCUT2D eigenvalue weighted by molar-refractivity contribution is 0.148. The van der Waals surface area contributed by atoms with Gasteiger partial charge in [0.1, 0.15) is 6.61 Å². The van der Waals surface area contributed by atoms with Crippen molar-refractivity contribution in [3.05, 3.63) is 71.3 Å². The number of oxime groups is 1. The minimum Gasteiger partial charge on any atom is -0.396 e. The fraction of sp³-hybridized carbons (Fsp3) is 0.409. The number of nitrogens with zero attached hydrogens (tertiary/aromatic N) is 1. The van der Waals surface area contributed by atoms with Crippen LogP contribution in [0.25, 0.3) is 0 Å². The van der Waals surface area contributed by atoms with Crippen molar-refractivity contribution in [3.8, 4) is 0 Å². The molecule has 1 saturated carbocycles. The predicted octanol–water partition coefficient (Wildman–Crippen LogP) is 3.43. The predicted molar refractivity (Wildman–Crippen MR) is 105 cm³/mol. The van der Waals surface area contributed by atoms with Gasteiger partial charge in [-0.25, -0.2) is 0 Å². The molecule has 2 aromatic carbocycles. The Balaban J connectivity index is 1.40. The molecule has 0 radical (unpaired) electrons. The molecule has 3 rings (SSSR count). The van der Waals surface area contributed by atoms with Gasteiger partial charge in [-0.05, 0) is 41.9 Å². The molecule has 0 spiro atoms. The third-order valence-electron chi connectivity index (χ3n) is 5.21. The third kappa shape index (κ3) is 5.16. The standard InChI is InChI=1S/C22H28N2O2/c23-22(17-25)13-10-21(16-22)20-8-6-19(7-9-20)11-14-24-26-15-12-18-4-2-1-3-5-18/h1-9,14,21,25H,10-13,15-17,23H2. The largest absolute Gasteiger partial charge is 0.396 e. The van der Waals surface area contributed by atoms with Crippen LogP contribution in [0, 0.1) is 0 Å². The van der Waals surface area contributed by atoms with Gasteiger partial charge in [0.05, 0.1) is 6.61 Å². The maximum absolute atomic E-state index is 9.41. The summed E-state index contributed by atoms with van der Waals surface area (Å²) in [5.41, 5.74) is 9.56. The molecule has 3 N–H and O–H groups in total. The van der Waals surface area contributed by atoms with Crippen LogP contribution in [0.3, 0.4) is 0 Å². The Morgan fingerprint density at radius 2 is 1.88 bits per heavy atom. The average Bonchev–Trinajstić information content (AvgIpc) is 3.09. The zero-order valence-corrected chi connectivity index (χ0v) is 15.2. The van der Waals surface area contributed by atoms with Gasteiger partial charge in [-0.1, -0.05) is 59.8 Å². The first-order valence-electron chi connectivity index (χ1n) is 9.35. The fourth-order valence-corrected chi connectivity index (χ4v) is 3.57. The second-order valence-electron chi connectivity index (χ2n) is 7.26. The van der Waals surface area contributed by atoms with Crippen LogP contribution in [-0.2, 0) is 17.7 Å². The summed E-state index contributed by atoms with van der Waals surface area (Å²) in [6.07, 6.45) is 6.24. The molecule has 0 aromatic heterocycles. The minimum atomic E-state index is -0.396. The summed E-state index contributed by atoms with van der Waals surface area (Å²) in [6, 6.07) is 18.9. The zero-order valence-electron chi connectivity index (χ0n) is 15.2. The van der Waals surface area contributed by atoms with E-state index in [4.69, 9.17) is 10.6 Å². The molecule has 2 aromatic rings. The molecule has 0 aliphatic heterocycles. The van der Waals surface area contributed by atoms with Gasteiger partial charge in [0.25, 0.3) is 0 Å². The van der Waals surface area contributed by atoms with Crippen LogP contribution >= 0.6 is 0 Å². The van der Waals surface area contributed by atoms with E-state index in [9.17, 15) is 5.11 Å². The average molecular weight is 352 g/mol. The summed E-state index contributed by atoms with van der Waals surface area (Å²) in [5.74, 6) is 0.455. The van der Waals surface area contributed by atoms with E-state index in [1.165, 1.54) is 16.7 Å². The molecule has 138 valence electrons. The molecule has 0 bridgehead atoms. The molecule has 26 heavy (non-hydrogen) atoms. The van der Waals surface area contributed by atoms with Gasteiger partial charge < -0.3 is 15.7 Å². The van der Waals surface area contributed by atoms with Crippen LogP contribution in [0.5, 0.6) is 0 Å². The smallest absolute Gasteiger partial charge is 0.121 e. The summed E-state index contributed by atoms with van der Waals surface area (Å²) in [6.45, 7) is 0.662. The minimum absolute atomic E-state index is 0.0717. The van der Waals surface area contributed by atoms with Crippen molar-refractivity contribution in [2.24, 2.45) is 10.9 Å². The highest BCUT2D eigenvalue weighted by molar-refractivity contribution is 5.60. The van der Waals surface area contributed by atoms with Gasteiger partial charge in [-0.3, -0.25) is 0 Å². The Hall–Kier alpha value is -2.17. The molecule has 2 atom stereocenters. The highest BCUT2D eigenvalue weighted by Gasteiger charge is 2.35. The molecule has 0 saturated heterocycles. The monoisotopic (exact) mass is 352 g/mol. The third-order valence-corrected chi connectivity index (χ3v) is 5.21. The van der Waals surface area contributed by atoms with Gasteiger partial charge in [0.2, 0.25) is 0 Å². The Morgan fingerprint density at radius 3 is 2.58 bits per heavy atom. The summed E-state index contributed by atoms with van der Waals surface area (Å²) >= 11 is 0. The van der Waals surface area contributed by atoms with Gasteiger partial charge >= 0.3 is 0 Å². The molecule has 1 aliphatic carbocycles. The number of benzene rings is 2. The maximum Gasteiger partial charge on any atom is 0.121 e. The van der Waals surface area contributed by atoms with Crippen molar-refractivity contribution in [3.63, 3.8) is 0 Å². The van der Waals surface area contributed by atoms with Crippen LogP contribution in [0.15, 0.2) is 59.8 Å². The topological polar surface area (TPSA) is 67.8 Å². The molecule has 4 heteroatoms. The number of nitrogens with two attached hydrogens (primary N) is 1. The number of aliphatic hydroxyl groups is 1. The van der Waals surface area contributed by atoms with Gasteiger partial charge in [-0.2, -0.15) is 0 Å².